The van der Waals surface area contributed by atoms with Crippen LogP contribution in [-0.4, -0.2) is 15.0 Å². The molecule has 1 aromatic carbocycles. The fraction of sp³-hybridized carbons (Fsp3) is 0.154. The van der Waals surface area contributed by atoms with Crippen molar-refractivity contribution in [1.82, 2.24) is 15.0 Å². The van der Waals surface area contributed by atoms with Crippen LogP contribution in [0.4, 0.5) is 5.95 Å². The lowest BCUT2D eigenvalue weighted by atomic mass is 10.2. The van der Waals surface area contributed by atoms with E-state index in [4.69, 9.17) is 0 Å². The Bertz CT molecular complexity index is 777. The number of rotatable bonds is 3. The molecule has 3 rings (SSSR count). The highest BCUT2D eigenvalue weighted by Crippen LogP contribution is 2.11. The number of para-hydroxylation sites is 1. The van der Waals surface area contributed by atoms with Crippen LogP contribution < -0.4 is 10.9 Å². The maximum Gasteiger partial charge on any atom is 0.260 e. The Morgan fingerprint density at radius 2 is 2.16 bits per heavy atom. The minimum atomic E-state index is -0.137. The minimum Gasteiger partial charge on any atom is -0.350 e. The molecule has 0 spiro atoms. The summed E-state index contributed by atoms with van der Waals surface area (Å²) in [6, 6.07) is 7.27. The molecular weight excluding hydrogens is 260 g/mol. The van der Waals surface area contributed by atoms with Crippen LogP contribution in [0.1, 0.15) is 10.7 Å². The topological polar surface area (TPSA) is 70.7 Å². The Balaban J connectivity index is 1.87. The maximum absolute atomic E-state index is 11.9. The highest BCUT2D eigenvalue weighted by Gasteiger charge is 2.03. The quantitative estimate of drug-likeness (QED) is 0.767. The van der Waals surface area contributed by atoms with Gasteiger partial charge < -0.3 is 5.32 Å². The molecule has 2 heterocycles. The van der Waals surface area contributed by atoms with Gasteiger partial charge in [0.05, 0.1) is 28.1 Å². The predicted octanol–water partition coefficient (Wildman–Crippen LogP) is 2.30. The number of fused-ring (bicyclic) bond motifs is 1. The molecule has 0 bridgehead atoms. The van der Waals surface area contributed by atoms with E-state index >= 15 is 0 Å². The molecule has 0 fully saturated rings. The van der Waals surface area contributed by atoms with E-state index in [0.29, 0.717) is 23.4 Å². The van der Waals surface area contributed by atoms with Gasteiger partial charge in [-0.15, -0.1) is 11.3 Å². The van der Waals surface area contributed by atoms with Gasteiger partial charge in [-0.3, -0.25) is 9.78 Å². The molecule has 0 atom stereocenters. The molecule has 0 aliphatic carbocycles. The van der Waals surface area contributed by atoms with Crippen molar-refractivity contribution in [3.8, 4) is 0 Å². The molecule has 0 saturated carbocycles. The Hall–Kier alpha value is -2.21. The van der Waals surface area contributed by atoms with Crippen molar-refractivity contribution in [2.45, 2.75) is 13.5 Å². The van der Waals surface area contributed by atoms with Gasteiger partial charge in [0.15, 0.2) is 0 Å². The Kier molecular flexibility index (Phi) is 3.00. The molecule has 96 valence electrons. The Labute approximate surface area is 113 Å². The monoisotopic (exact) mass is 272 g/mol. The van der Waals surface area contributed by atoms with Crippen molar-refractivity contribution in [1.29, 1.82) is 0 Å². The van der Waals surface area contributed by atoms with Crippen molar-refractivity contribution in [2.24, 2.45) is 0 Å². The Morgan fingerprint density at radius 1 is 1.32 bits per heavy atom. The number of aromatic nitrogens is 3. The smallest absolute Gasteiger partial charge is 0.260 e. The number of hydrogen-bond acceptors (Lipinski definition) is 5. The van der Waals surface area contributed by atoms with Crippen LogP contribution in [0.2, 0.25) is 0 Å². The normalized spacial score (nSPS) is 10.8. The summed E-state index contributed by atoms with van der Waals surface area (Å²) in [6.45, 7) is 2.51. The van der Waals surface area contributed by atoms with Gasteiger partial charge in [0.25, 0.3) is 5.56 Å². The highest BCUT2D eigenvalue weighted by atomic mass is 32.1. The number of hydrogen-bond donors (Lipinski definition) is 2. The molecule has 0 saturated heterocycles. The van der Waals surface area contributed by atoms with Crippen LogP contribution in [0.5, 0.6) is 0 Å². The molecule has 2 aromatic heterocycles. The number of aromatic amines is 1. The number of nitrogens with zero attached hydrogens (tertiary/aromatic N) is 2. The second kappa shape index (κ2) is 4.81. The van der Waals surface area contributed by atoms with Crippen LogP contribution in [0.15, 0.2) is 34.4 Å². The second-order valence-corrected chi connectivity index (χ2v) is 5.21. The molecule has 0 unspecified atom stereocenters. The van der Waals surface area contributed by atoms with Gasteiger partial charge in [0.1, 0.15) is 0 Å². The van der Waals surface area contributed by atoms with Crippen LogP contribution in [0.25, 0.3) is 10.9 Å². The van der Waals surface area contributed by atoms with Crippen molar-refractivity contribution < 1.29 is 0 Å². The fourth-order valence-electron chi connectivity index (χ4n) is 1.83. The summed E-state index contributed by atoms with van der Waals surface area (Å²) < 4.78 is 0. The summed E-state index contributed by atoms with van der Waals surface area (Å²) in [5.74, 6) is 0.467. The number of H-pyrrole nitrogens is 1. The van der Waals surface area contributed by atoms with Crippen molar-refractivity contribution in [3.05, 3.63) is 50.7 Å². The van der Waals surface area contributed by atoms with Crippen molar-refractivity contribution >= 4 is 28.2 Å². The number of benzene rings is 1. The molecule has 19 heavy (non-hydrogen) atoms. The predicted molar refractivity (Wildman–Crippen MR) is 76.5 cm³/mol. The average molecular weight is 272 g/mol. The molecular formula is C13H12N4OS. The molecule has 2 N–H and O–H groups in total. The third-order valence-corrected chi connectivity index (χ3v) is 3.54. The molecule has 3 aromatic rings. The van der Waals surface area contributed by atoms with Gasteiger partial charge in [-0.2, -0.15) is 0 Å². The summed E-state index contributed by atoms with van der Waals surface area (Å²) in [7, 11) is 0. The van der Waals surface area contributed by atoms with Gasteiger partial charge in [-0.1, -0.05) is 12.1 Å². The van der Waals surface area contributed by atoms with Gasteiger partial charge in [-0.25, -0.2) is 9.97 Å². The van der Waals surface area contributed by atoms with Gasteiger partial charge >= 0.3 is 0 Å². The third kappa shape index (κ3) is 2.48. The largest absolute Gasteiger partial charge is 0.350 e. The second-order valence-electron chi connectivity index (χ2n) is 4.14. The van der Waals surface area contributed by atoms with Gasteiger partial charge in [-0.05, 0) is 19.1 Å². The molecule has 0 aliphatic rings. The third-order valence-electron chi connectivity index (χ3n) is 2.72. The van der Waals surface area contributed by atoms with Crippen LogP contribution in [-0.2, 0) is 6.54 Å². The first kappa shape index (κ1) is 11.9. The molecule has 0 aliphatic heterocycles. The summed E-state index contributed by atoms with van der Waals surface area (Å²) >= 11 is 1.60. The van der Waals surface area contributed by atoms with Gasteiger partial charge in [0, 0.05) is 5.38 Å². The number of nitrogens with one attached hydrogen (secondary N) is 2. The lowest BCUT2D eigenvalue weighted by Gasteiger charge is -2.04. The summed E-state index contributed by atoms with van der Waals surface area (Å²) in [6.07, 6.45) is 0. The first-order valence-electron chi connectivity index (χ1n) is 5.86. The lowest BCUT2D eigenvalue weighted by molar-refractivity contribution is 1.01. The van der Waals surface area contributed by atoms with Crippen LogP contribution in [0, 0.1) is 6.92 Å². The van der Waals surface area contributed by atoms with E-state index < -0.39 is 0 Å². The standard InChI is InChI=1S/C13H12N4OS/c1-8-15-9(7-19-8)6-14-13-16-11-5-3-2-4-10(11)12(18)17-13/h2-5,7H,6H2,1H3,(H2,14,16,17,18). The first-order valence-corrected chi connectivity index (χ1v) is 6.74. The van der Waals surface area contributed by atoms with Gasteiger partial charge in [0.2, 0.25) is 5.95 Å². The summed E-state index contributed by atoms with van der Waals surface area (Å²) in [4.78, 5) is 23.3. The molecule has 0 amide bonds. The van der Waals surface area contributed by atoms with E-state index in [2.05, 4.69) is 20.3 Å². The van der Waals surface area contributed by atoms with E-state index in [-0.39, 0.29) is 5.56 Å². The van der Waals surface area contributed by atoms with Crippen molar-refractivity contribution in [3.63, 3.8) is 0 Å². The fourth-order valence-corrected chi connectivity index (χ4v) is 2.45. The minimum absolute atomic E-state index is 0.137. The number of thiazole rings is 1. The molecule has 0 radical (unpaired) electrons. The van der Waals surface area contributed by atoms with Crippen molar-refractivity contribution in [2.75, 3.05) is 5.32 Å². The van der Waals surface area contributed by atoms with Crippen LogP contribution in [0.3, 0.4) is 0 Å². The van der Waals surface area contributed by atoms with Crippen LogP contribution >= 0.6 is 11.3 Å². The molecule has 5 nitrogen and oxygen atoms in total. The van der Waals surface area contributed by atoms with E-state index in [0.717, 1.165) is 10.7 Å². The zero-order chi connectivity index (χ0) is 13.2. The summed E-state index contributed by atoms with van der Waals surface area (Å²) in [5, 5.41) is 6.69. The van der Waals surface area contributed by atoms with E-state index in [1.54, 1.807) is 17.4 Å². The zero-order valence-corrected chi connectivity index (χ0v) is 11.1. The zero-order valence-electron chi connectivity index (χ0n) is 10.3. The highest BCUT2D eigenvalue weighted by molar-refractivity contribution is 7.09. The number of anilines is 1. The lowest BCUT2D eigenvalue weighted by Crippen LogP contribution is -2.13. The molecule has 6 heteroatoms. The van der Waals surface area contributed by atoms with E-state index in [9.17, 15) is 4.79 Å². The van der Waals surface area contributed by atoms with E-state index in [1.807, 2.05) is 30.5 Å². The summed E-state index contributed by atoms with van der Waals surface area (Å²) in [5.41, 5.74) is 1.49. The average Bonchev–Trinajstić information content (AvgIpc) is 2.82. The SMILES string of the molecule is Cc1nc(CNc2nc3ccccc3c(=O)[nH]2)cs1. The number of aryl methyl sites for hydroxylation is 1. The maximum atomic E-state index is 11.9. The van der Waals surface area contributed by atoms with E-state index in [1.165, 1.54) is 0 Å². The first-order chi connectivity index (χ1) is 9.22. The Morgan fingerprint density at radius 3 is 2.95 bits per heavy atom.